The van der Waals surface area contributed by atoms with Gasteiger partial charge in [0.25, 0.3) is 5.91 Å². The fourth-order valence-electron chi connectivity index (χ4n) is 4.86. The average Bonchev–Trinajstić information content (AvgIpc) is 3.70. The average molecular weight is 490 g/mol. The van der Waals surface area contributed by atoms with Crippen molar-refractivity contribution in [3.05, 3.63) is 65.4 Å². The van der Waals surface area contributed by atoms with E-state index >= 15 is 0 Å². The molecule has 0 spiro atoms. The molecule has 2 aromatic carbocycles. The summed E-state index contributed by atoms with van der Waals surface area (Å²) in [5.41, 5.74) is 3.86. The second-order valence-corrected chi connectivity index (χ2v) is 9.61. The highest BCUT2D eigenvalue weighted by molar-refractivity contribution is 6.03. The quantitative estimate of drug-likeness (QED) is 0.470. The van der Waals surface area contributed by atoms with Gasteiger partial charge in [0, 0.05) is 61.3 Å². The van der Waals surface area contributed by atoms with Gasteiger partial charge in [-0.15, -0.1) is 0 Å². The Morgan fingerprint density at radius 2 is 1.72 bits per heavy atom. The van der Waals surface area contributed by atoms with Crippen molar-refractivity contribution in [2.24, 2.45) is 0 Å². The maximum atomic E-state index is 12.8. The summed E-state index contributed by atoms with van der Waals surface area (Å²) in [6.07, 6.45) is 5.45. The number of hydrogen-bond acceptors (Lipinski definition) is 6. The molecule has 2 fully saturated rings. The highest BCUT2D eigenvalue weighted by Gasteiger charge is 2.30. The summed E-state index contributed by atoms with van der Waals surface area (Å²) in [7, 11) is 3.29. The highest BCUT2D eigenvalue weighted by atomic mass is 16.5. The Bertz CT molecular complexity index is 1150. The summed E-state index contributed by atoms with van der Waals surface area (Å²) >= 11 is 0. The molecule has 0 bridgehead atoms. The molecule has 1 aromatic heterocycles. The standard InChI is InChI=1S/C28H35N5O3/c1-35-25-16-20(17-26(19-25)36-2)4-7-22-18-27(31-30-22)29-28(34)21-5-8-23(9-6-21)32-12-3-13-33(15-14-32)24-10-11-24/h5-6,8-9,16-19,24H,3-4,7,10-15H2,1-2H3,(H2,29,30,31,34). The molecule has 190 valence electrons. The largest absolute Gasteiger partial charge is 0.497 e. The first-order valence-electron chi connectivity index (χ1n) is 12.8. The Labute approximate surface area is 212 Å². The lowest BCUT2D eigenvalue weighted by Gasteiger charge is -2.23. The number of methoxy groups -OCH3 is 2. The molecule has 2 aliphatic rings. The number of H-pyrrole nitrogens is 1. The first kappa shape index (κ1) is 24.2. The van der Waals surface area contributed by atoms with E-state index in [1.54, 1.807) is 14.2 Å². The number of anilines is 2. The van der Waals surface area contributed by atoms with Crippen molar-refractivity contribution in [2.45, 2.75) is 38.1 Å². The van der Waals surface area contributed by atoms with Crippen LogP contribution in [0.1, 0.15) is 40.9 Å². The van der Waals surface area contributed by atoms with Gasteiger partial charge < -0.3 is 19.7 Å². The van der Waals surface area contributed by atoms with Crippen molar-refractivity contribution >= 4 is 17.4 Å². The number of hydrogen-bond donors (Lipinski definition) is 2. The maximum Gasteiger partial charge on any atom is 0.256 e. The van der Waals surface area contributed by atoms with E-state index in [4.69, 9.17) is 9.47 Å². The first-order valence-corrected chi connectivity index (χ1v) is 12.8. The second-order valence-electron chi connectivity index (χ2n) is 9.61. The summed E-state index contributed by atoms with van der Waals surface area (Å²) in [6.45, 7) is 4.43. The van der Waals surface area contributed by atoms with Gasteiger partial charge in [0.1, 0.15) is 11.5 Å². The van der Waals surface area contributed by atoms with E-state index in [9.17, 15) is 4.79 Å². The molecule has 1 aliphatic heterocycles. The number of ether oxygens (including phenoxy) is 2. The van der Waals surface area contributed by atoms with E-state index in [1.165, 1.54) is 31.5 Å². The third kappa shape index (κ3) is 5.99. The van der Waals surface area contributed by atoms with Crippen molar-refractivity contribution in [1.82, 2.24) is 15.1 Å². The molecule has 1 amide bonds. The van der Waals surface area contributed by atoms with E-state index in [-0.39, 0.29) is 5.91 Å². The molecule has 2 N–H and O–H groups in total. The van der Waals surface area contributed by atoms with Gasteiger partial charge in [0.2, 0.25) is 0 Å². The zero-order valence-corrected chi connectivity index (χ0v) is 21.1. The predicted octanol–water partition coefficient (Wildman–Crippen LogP) is 4.14. The van der Waals surface area contributed by atoms with Gasteiger partial charge in [-0.05, 0) is 74.1 Å². The van der Waals surface area contributed by atoms with Gasteiger partial charge in [0.05, 0.1) is 14.2 Å². The number of carbonyl (C=O) groups is 1. The number of nitrogens with zero attached hydrogens (tertiary/aromatic N) is 3. The fraction of sp³-hybridized carbons (Fsp3) is 0.429. The number of amides is 1. The molecule has 0 atom stereocenters. The van der Waals surface area contributed by atoms with Gasteiger partial charge in [-0.1, -0.05) is 0 Å². The van der Waals surface area contributed by atoms with Gasteiger partial charge in [-0.2, -0.15) is 5.10 Å². The van der Waals surface area contributed by atoms with Crippen LogP contribution in [0.25, 0.3) is 0 Å². The minimum absolute atomic E-state index is 0.159. The number of aromatic amines is 1. The Kier molecular flexibility index (Phi) is 7.41. The molecule has 0 unspecified atom stereocenters. The molecule has 1 saturated carbocycles. The van der Waals surface area contributed by atoms with Crippen LogP contribution >= 0.6 is 0 Å². The number of carbonyl (C=O) groups excluding carboxylic acids is 1. The van der Waals surface area contributed by atoms with E-state index < -0.39 is 0 Å². The molecule has 8 heteroatoms. The van der Waals surface area contributed by atoms with Crippen LogP contribution < -0.4 is 19.7 Å². The zero-order valence-electron chi connectivity index (χ0n) is 21.1. The molecule has 5 rings (SSSR count). The van der Waals surface area contributed by atoms with Crippen molar-refractivity contribution < 1.29 is 14.3 Å². The number of nitrogens with one attached hydrogen (secondary N) is 2. The smallest absolute Gasteiger partial charge is 0.256 e. The van der Waals surface area contributed by atoms with Crippen molar-refractivity contribution in [2.75, 3.05) is 50.6 Å². The van der Waals surface area contributed by atoms with Gasteiger partial charge in [-0.25, -0.2) is 0 Å². The van der Waals surface area contributed by atoms with Gasteiger partial charge in [0.15, 0.2) is 5.82 Å². The minimum atomic E-state index is -0.159. The summed E-state index contributed by atoms with van der Waals surface area (Å²) < 4.78 is 10.7. The monoisotopic (exact) mass is 489 g/mol. The fourth-order valence-corrected chi connectivity index (χ4v) is 4.86. The molecular formula is C28H35N5O3. The second kappa shape index (κ2) is 11.0. The van der Waals surface area contributed by atoms with Crippen LogP contribution in [0.4, 0.5) is 11.5 Å². The lowest BCUT2D eigenvalue weighted by Crippen LogP contribution is -2.32. The van der Waals surface area contributed by atoms with Crippen LogP contribution in [0.15, 0.2) is 48.5 Å². The Hall–Kier alpha value is -3.52. The van der Waals surface area contributed by atoms with Crippen LogP contribution in [-0.2, 0) is 12.8 Å². The van der Waals surface area contributed by atoms with Crippen LogP contribution in [0.3, 0.4) is 0 Å². The van der Waals surface area contributed by atoms with E-state index in [0.29, 0.717) is 11.4 Å². The van der Waals surface area contributed by atoms with E-state index in [0.717, 1.165) is 61.3 Å². The highest BCUT2D eigenvalue weighted by Crippen LogP contribution is 2.28. The van der Waals surface area contributed by atoms with Crippen LogP contribution in [0, 0.1) is 0 Å². The number of aromatic nitrogens is 2. The summed E-state index contributed by atoms with van der Waals surface area (Å²) in [4.78, 5) is 17.9. The van der Waals surface area contributed by atoms with Crippen LogP contribution in [0.2, 0.25) is 0 Å². The van der Waals surface area contributed by atoms with E-state index in [2.05, 4.69) is 37.4 Å². The predicted molar refractivity (Wildman–Crippen MR) is 141 cm³/mol. The molecular weight excluding hydrogens is 454 g/mol. The third-order valence-corrected chi connectivity index (χ3v) is 7.06. The van der Waals surface area contributed by atoms with Crippen molar-refractivity contribution in [3.8, 4) is 11.5 Å². The molecule has 36 heavy (non-hydrogen) atoms. The van der Waals surface area contributed by atoms with E-state index in [1.807, 2.05) is 36.4 Å². The molecule has 0 radical (unpaired) electrons. The maximum absolute atomic E-state index is 12.8. The Morgan fingerprint density at radius 1 is 0.972 bits per heavy atom. The molecule has 3 aromatic rings. The summed E-state index contributed by atoms with van der Waals surface area (Å²) in [5.74, 6) is 1.90. The lowest BCUT2D eigenvalue weighted by atomic mass is 10.1. The normalized spacial score (nSPS) is 16.4. The Balaban J connectivity index is 1.14. The number of aryl methyl sites for hydroxylation is 2. The topological polar surface area (TPSA) is 82.7 Å². The lowest BCUT2D eigenvalue weighted by molar-refractivity contribution is 0.102. The van der Waals surface area contributed by atoms with Crippen molar-refractivity contribution in [1.29, 1.82) is 0 Å². The first-order chi connectivity index (χ1) is 17.6. The van der Waals surface area contributed by atoms with Gasteiger partial charge >= 0.3 is 0 Å². The Morgan fingerprint density at radius 3 is 2.42 bits per heavy atom. The third-order valence-electron chi connectivity index (χ3n) is 7.06. The number of rotatable bonds is 9. The van der Waals surface area contributed by atoms with Gasteiger partial charge in [-0.3, -0.25) is 14.8 Å². The number of benzene rings is 2. The minimum Gasteiger partial charge on any atom is -0.497 e. The molecule has 8 nitrogen and oxygen atoms in total. The van der Waals surface area contributed by atoms with Crippen LogP contribution in [-0.4, -0.2) is 67.4 Å². The molecule has 1 aliphatic carbocycles. The zero-order chi connectivity index (χ0) is 24.9. The van der Waals surface area contributed by atoms with Crippen molar-refractivity contribution in [3.63, 3.8) is 0 Å². The molecule has 2 heterocycles. The van der Waals surface area contributed by atoms with Crippen LogP contribution in [0.5, 0.6) is 11.5 Å². The summed E-state index contributed by atoms with van der Waals surface area (Å²) in [5, 5.41) is 10.2. The molecule has 1 saturated heterocycles. The summed E-state index contributed by atoms with van der Waals surface area (Å²) in [6, 6.07) is 16.5. The SMILES string of the molecule is COc1cc(CCc2cc(NC(=O)c3ccc(N4CCCN(C5CC5)CC4)cc3)n[nH]2)cc(OC)c1.